The predicted octanol–water partition coefficient (Wildman–Crippen LogP) is 3.30. The van der Waals surface area contributed by atoms with Crippen LogP contribution in [0.3, 0.4) is 0 Å². The number of H-pyrrole nitrogens is 1. The lowest BCUT2D eigenvalue weighted by molar-refractivity contribution is -0.0928. The Balaban J connectivity index is 1.62. The minimum absolute atomic E-state index is 0.0222. The van der Waals surface area contributed by atoms with Crippen LogP contribution in [0.25, 0.3) is 11.4 Å². The van der Waals surface area contributed by atoms with Crippen LogP contribution in [0.15, 0.2) is 30.5 Å². The number of halogens is 1. The third-order valence-electron chi connectivity index (χ3n) is 6.07. The number of rotatable bonds is 6. The molecule has 0 spiro atoms. The number of hydrogen-bond acceptors (Lipinski definition) is 7. The summed E-state index contributed by atoms with van der Waals surface area (Å²) in [5.74, 6) is -0.103. The average Bonchev–Trinajstić information content (AvgIpc) is 3.22. The highest BCUT2D eigenvalue weighted by Gasteiger charge is 2.35. The first kappa shape index (κ1) is 22.3. The summed E-state index contributed by atoms with van der Waals surface area (Å²) in [6.07, 6.45) is 2.28. The van der Waals surface area contributed by atoms with E-state index in [-0.39, 0.29) is 23.7 Å². The molecule has 2 aliphatic heterocycles. The van der Waals surface area contributed by atoms with Gasteiger partial charge < -0.3 is 29.8 Å². The van der Waals surface area contributed by atoms with Crippen molar-refractivity contribution in [1.82, 2.24) is 20.3 Å². The van der Waals surface area contributed by atoms with Crippen LogP contribution in [0.1, 0.15) is 34.2 Å². The number of para-hydroxylation sites is 1. The zero-order valence-corrected chi connectivity index (χ0v) is 19.0. The molecule has 1 amide bonds. The number of carbonyl (C=O) groups excluding carboxylic acids is 1. The Morgan fingerprint density at radius 3 is 2.94 bits per heavy atom. The molecule has 0 bridgehead atoms. The summed E-state index contributed by atoms with van der Waals surface area (Å²) in [5.41, 5.74) is 3.37. The van der Waals surface area contributed by atoms with Crippen molar-refractivity contribution < 1.29 is 23.4 Å². The largest absolute Gasteiger partial charge is 0.492 e. The molecular weight excluding hydrogens is 441 g/mol. The Kier molecular flexibility index (Phi) is 6.16. The molecule has 2 aliphatic rings. The number of anilines is 2. The molecule has 10 heteroatoms. The van der Waals surface area contributed by atoms with Crippen LogP contribution >= 0.6 is 0 Å². The maximum atomic E-state index is 14.4. The normalized spacial score (nSPS) is 19.9. The fourth-order valence-electron chi connectivity index (χ4n) is 4.52. The summed E-state index contributed by atoms with van der Waals surface area (Å²) in [6, 6.07) is 6.36. The van der Waals surface area contributed by atoms with Gasteiger partial charge in [-0.05, 0) is 31.5 Å². The summed E-state index contributed by atoms with van der Waals surface area (Å²) in [5, 5.41) is 6.23. The van der Waals surface area contributed by atoms with E-state index in [0.29, 0.717) is 66.9 Å². The molecule has 0 saturated carbocycles. The maximum Gasteiger partial charge on any atom is 0.255 e. The Hall–Kier alpha value is -3.50. The first-order valence-electron chi connectivity index (χ1n) is 11.2. The quantitative estimate of drug-likeness (QED) is 0.510. The van der Waals surface area contributed by atoms with E-state index in [1.807, 2.05) is 0 Å². The number of nitrogens with zero attached hydrogens (tertiary/aromatic N) is 2. The van der Waals surface area contributed by atoms with Gasteiger partial charge in [0, 0.05) is 24.4 Å². The van der Waals surface area contributed by atoms with Crippen molar-refractivity contribution in [2.24, 2.45) is 0 Å². The number of aryl methyl sites for hydroxylation is 1. The Bertz CT molecular complexity index is 1210. The zero-order chi connectivity index (χ0) is 23.7. The number of aromatic nitrogens is 3. The zero-order valence-electron chi connectivity index (χ0n) is 19.0. The molecular formula is C24H26FN5O4. The van der Waals surface area contributed by atoms with E-state index in [4.69, 9.17) is 14.2 Å². The Morgan fingerprint density at radius 1 is 1.29 bits per heavy atom. The van der Waals surface area contributed by atoms with Gasteiger partial charge in [0.25, 0.3) is 5.91 Å². The second-order valence-corrected chi connectivity index (χ2v) is 8.31. The lowest BCUT2D eigenvalue weighted by Crippen LogP contribution is -2.38. The summed E-state index contributed by atoms with van der Waals surface area (Å²) < 4.78 is 31.1. The topological polar surface area (TPSA) is 110 Å². The number of ether oxygens (including phenoxy) is 3. The highest BCUT2D eigenvalue weighted by atomic mass is 19.1. The lowest BCUT2D eigenvalue weighted by Gasteiger charge is -2.29. The number of hydrogen-bond donors (Lipinski definition) is 3. The number of nitrogens with one attached hydrogen (secondary N) is 3. The van der Waals surface area contributed by atoms with Crippen LogP contribution in [0.5, 0.6) is 5.75 Å². The summed E-state index contributed by atoms with van der Waals surface area (Å²) >= 11 is 0. The smallest absolute Gasteiger partial charge is 0.255 e. The first-order chi connectivity index (χ1) is 16.5. The van der Waals surface area contributed by atoms with Crippen molar-refractivity contribution in [3.05, 3.63) is 53.4 Å². The van der Waals surface area contributed by atoms with E-state index < -0.39 is 5.82 Å². The van der Waals surface area contributed by atoms with Crippen LogP contribution in [0.4, 0.5) is 15.8 Å². The molecule has 9 nitrogen and oxygen atoms in total. The van der Waals surface area contributed by atoms with Gasteiger partial charge >= 0.3 is 0 Å². The van der Waals surface area contributed by atoms with Gasteiger partial charge in [0.15, 0.2) is 11.6 Å². The molecule has 0 radical (unpaired) electrons. The molecule has 3 N–H and O–H groups in total. The average molecular weight is 468 g/mol. The molecule has 1 saturated heterocycles. The molecule has 0 aliphatic carbocycles. The first-order valence-corrected chi connectivity index (χ1v) is 11.2. The van der Waals surface area contributed by atoms with Crippen molar-refractivity contribution in [2.45, 2.75) is 25.4 Å². The van der Waals surface area contributed by atoms with Gasteiger partial charge in [-0.1, -0.05) is 6.07 Å². The van der Waals surface area contributed by atoms with Gasteiger partial charge in [-0.2, -0.15) is 0 Å². The van der Waals surface area contributed by atoms with Crippen LogP contribution < -0.4 is 15.4 Å². The van der Waals surface area contributed by atoms with E-state index in [1.165, 1.54) is 13.2 Å². The van der Waals surface area contributed by atoms with E-state index in [0.717, 1.165) is 5.69 Å². The number of fused-ring (bicyclic) bond motifs is 1. The molecule has 1 fully saturated rings. The SMILES string of the molecule is COc1c(F)cccc1Nc1c(-c2ccnc(C)n2)[nH]c2c1C(=O)NC[C@H]2C[C@H]1COCCO1. The molecule has 2 atom stereocenters. The van der Waals surface area contributed by atoms with Crippen LogP contribution in [-0.4, -0.2) is 60.4 Å². The fourth-order valence-corrected chi connectivity index (χ4v) is 4.52. The molecule has 4 heterocycles. The predicted molar refractivity (Wildman–Crippen MR) is 123 cm³/mol. The lowest BCUT2D eigenvalue weighted by atomic mass is 9.91. The summed E-state index contributed by atoms with van der Waals surface area (Å²) in [6.45, 7) is 3.93. The van der Waals surface area contributed by atoms with E-state index >= 15 is 0 Å². The molecule has 2 aromatic heterocycles. The molecule has 178 valence electrons. The van der Waals surface area contributed by atoms with Gasteiger partial charge in [-0.3, -0.25) is 4.79 Å². The number of aromatic amines is 1. The van der Waals surface area contributed by atoms with E-state index in [2.05, 4.69) is 25.6 Å². The third kappa shape index (κ3) is 4.22. The molecule has 1 aromatic carbocycles. The number of amides is 1. The fraction of sp³-hybridized carbons (Fsp3) is 0.375. The molecule has 0 unspecified atom stereocenters. The molecule has 5 rings (SSSR count). The summed E-state index contributed by atoms with van der Waals surface area (Å²) in [7, 11) is 1.40. The van der Waals surface area contributed by atoms with Gasteiger partial charge in [-0.25, -0.2) is 14.4 Å². The van der Waals surface area contributed by atoms with E-state index in [9.17, 15) is 9.18 Å². The van der Waals surface area contributed by atoms with Crippen molar-refractivity contribution in [2.75, 3.05) is 38.8 Å². The van der Waals surface area contributed by atoms with Gasteiger partial charge in [0.1, 0.15) is 5.82 Å². The monoisotopic (exact) mass is 467 g/mol. The maximum absolute atomic E-state index is 14.4. The number of carbonyl (C=O) groups is 1. The summed E-state index contributed by atoms with van der Waals surface area (Å²) in [4.78, 5) is 25.3. The van der Waals surface area contributed by atoms with Gasteiger partial charge in [0.2, 0.25) is 0 Å². The highest BCUT2D eigenvalue weighted by molar-refractivity contribution is 6.06. The second kappa shape index (κ2) is 9.40. The van der Waals surface area contributed by atoms with Crippen molar-refractivity contribution >= 4 is 17.3 Å². The van der Waals surface area contributed by atoms with Crippen LogP contribution in [0.2, 0.25) is 0 Å². The minimum atomic E-state index is -0.506. The molecule has 3 aromatic rings. The Labute approximate surface area is 196 Å². The number of methoxy groups -OCH3 is 1. The van der Waals surface area contributed by atoms with Crippen LogP contribution in [0, 0.1) is 12.7 Å². The highest BCUT2D eigenvalue weighted by Crippen LogP contribution is 2.42. The second-order valence-electron chi connectivity index (χ2n) is 8.31. The van der Waals surface area contributed by atoms with Crippen molar-refractivity contribution in [1.29, 1.82) is 0 Å². The van der Waals surface area contributed by atoms with Crippen LogP contribution in [-0.2, 0) is 9.47 Å². The third-order valence-corrected chi connectivity index (χ3v) is 6.07. The Morgan fingerprint density at radius 2 is 2.18 bits per heavy atom. The van der Waals surface area contributed by atoms with E-state index in [1.54, 1.807) is 31.3 Å². The van der Waals surface area contributed by atoms with Gasteiger partial charge in [0.05, 0.1) is 61.4 Å². The van der Waals surface area contributed by atoms with Gasteiger partial charge in [-0.15, -0.1) is 0 Å². The minimum Gasteiger partial charge on any atom is -0.492 e. The standard InChI is InChI=1S/C24H26FN5O4/c1-13-26-7-6-17(28-13)21-22(29-18-5-3-4-16(25)23(18)32-2)19-20(30-21)14(11-27-24(19)31)10-15-12-33-8-9-34-15/h3-7,14-15,29-30H,8-12H2,1-2H3,(H,27,31)/t14-,15+/m1/s1. The molecule has 34 heavy (non-hydrogen) atoms. The van der Waals surface area contributed by atoms with Crippen molar-refractivity contribution in [3.63, 3.8) is 0 Å². The van der Waals surface area contributed by atoms with Crippen molar-refractivity contribution in [3.8, 4) is 17.1 Å². The number of benzene rings is 1.